The first-order chi connectivity index (χ1) is 33.0. The molecular weight excluding hydrogens is 911 g/mol. The number of nitrogens with zero attached hydrogens (tertiary/aromatic N) is 5. The fraction of sp³-hybridized carbons (Fsp3) is 0.500. The summed E-state index contributed by atoms with van der Waals surface area (Å²) in [5, 5.41) is 15.7. The SMILES string of the molecule is CC(C)c1ccccc1[C@H]1COCCN1C1CC2(CCN(c3ccc(C(=O)NS(=O)(=O)c4cnc(NCC5CCC(C)(C)CC5)c([N+](=O)[O-])c4)c(Oc4cc5cc[nH]c5nc4OC(F)F)c3)CC2)C1. The van der Waals surface area contributed by atoms with Gasteiger partial charge in [-0.15, -0.1) is 0 Å². The molecule has 3 N–H and O–H groups in total. The number of carbonyl (C=O) groups excluding carboxylic acids is 1. The number of hydrogen-bond acceptors (Lipinski definition) is 13. The van der Waals surface area contributed by atoms with Gasteiger partial charge in [0, 0.05) is 61.6 Å². The van der Waals surface area contributed by atoms with Gasteiger partial charge in [0.1, 0.15) is 16.3 Å². The van der Waals surface area contributed by atoms with Crippen LogP contribution in [-0.2, 0) is 14.8 Å². The van der Waals surface area contributed by atoms with Crippen LogP contribution in [0.2, 0.25) is 0 Å². The number of nitro groups is 1. The van der Waals surface area contributed by atoms with Crippen molar-refractivity contribution in [3.8, 4) is 17.4 Å². The Balaban J connectivity index is 0.935. The zero-order chi connectivity index (χ0) is 48.7. The van der Waals surface area contributed by atoms with Crippen LogP contribution in [0.25, 0.3) is 11.0 Å². The molecule has 2 aromatic carbocycles. The molecule has 3 aromatic heterocycles. The van der Waals surface area contributed by atoms with Crippen molar-refractivity contribution in [3.05, 3.63) is 99.9 Å². The van der Waals surface area contributed by atoms with Gasteiger partial charge in [-0.25, -0.2) is 18.1 Å². The highest BCUT2D eigenvalue weighted by atomic mass is 32.2. The number of amides is 1. The molecule has 2 saturated carbocycles. The molecular formula is C50H60F2N8O8S. The summed E-state index contributed by atoms with van der Waals surface area (Å²) in [5.74, 6) is -1.50. The first-order valence-corrected chi connectivity index (χ1v) is 25.3. The second-order valence-corrected chi connectivity index (χ2v) is 21.9. The van der Waals surface area contributed by atoms with Crippen LogP contribution in [0.3, 0.4) is 0 Å². The summed E-state index contributed by atoms with van der Waals surface area (Å²) in [6.07, 6.45) is 10.4. The van der Waals surface area contributed by atoms with Gasteiger partial charge >= 0.3 is 12.3 Å². The van der Waals surface area contributed by atoms with Crippen molar-refractivity contribution in [1.29, 1.82) is 0 Å². The van der Waals surface area contributed by atoms with Crippen molar-refractivity contribution in [2.24, 2.45) is 16.7 Å². The van der Waals surface area contributed by atoms with Crippen molar-refractivity contribution < 1.29 is 41.1 Å². The van der Waals surface area contributed by atoms with Gasteiger partial charge in [0.25, 0.3) is 21.8 Å². The highest BCUT2D eigenvalue weighted by molar-refractivity contribution is 7.90. The van der Waals surface area contributed by atoms with Crippen molar-refractivity contribution in [3.63, 3.8) is 0 Å². The van der Waals surface area contributed by atoms with E-state index in [4.69, 9.17) is 14.2 Å². The summed E-state index contributed by atoms with van der Waals surface area (Å²) in [6, 6.07) is 17.9. The molecule has 0 radical (unpaired) electrons. The van der Waals surface area contributed by atoms with Crippen molar-refractivity contribution in [2.45, 2.75) is 109 Å². The van der Waals surface area contributed by atoms with Crippen molar-refractivity contribution >= 4 is 44.2 Å². The van der Waals surface area contributed by atoms with E-state index in [1.807, 2.05) is 4.72 Å². The topological polar surface area (TPSA) is 194 Å². The smallest absolute Gasteiger partial charge is 0.388 e. The highest BCUT2D eigenvalue weighted by Gasteiger charge is 2.50. The molecule has 9 rings (SSSR count). The van der Waals surface area contributed by atoms with Crippen LogP contribution in [0.15, 0.2) is 78.0 Å². The average molecular weight is 971 g/mol. The van der Waals surface area contributed by atoms with Crippen molar-refractivity contribution in [2.75, 3.05) is 49.6 Å². The molecule has 0 bridgehead atoms. The third-order valence-electron chi connectivity index (χ3n) is 14.8. The minimum atomic E-state index is -4.75. The summed E-state index contributed by atoms with van der Waals surface area (Å²) in [5.41, 5.74) is 3.19. The van der Waals surface area contributed by atoms with E-state index >= 15 is 0 Å². The molecule has 16 nitrogen and oxygen atoms in total. The van der Waals surface area contributed by atoms with Gasteiger partial charge in [0.2, 0.25) is 5.82 Å². The monoisotopic (exact) mass is 970 g/mol. The van der Waals surface area contributed by atoms with Crippen LogP contribution in [0, 0.1) is 26.9 Å². The summed E-state index contributed by atoms with van der Waals surface area (Å²) in [7, 11) is -4.75. The highest BCUT2D eigenvalue weighted by Crippen LogP contribution is 2.53. The van der Waals surface area contributed by atoms with Gasteiger partial charge in [0.15, 0.2) is 5.75 Å². The van der Waals surface area contributed by atoms with Crippen LogP contribution in [-0.4, -0.2) is 91.1 Å². The quantitative estimate of drug-likeness (QED) is 0.0663. The summed E-state index contributed by atoms with van der Waals surface area (Å²) in [6.45, 7) is 9.71. The first kappa shape index (κ1) is 48.1. The number of halogens is 2. The molecule has 69 heavy (non-hydrogen) atoms. The molecule has 5 aromatic rings. The molecule has 1 amide bonds. The molecule has 0 unspecified atom stereocenters. The number of fused-ring (bicyclic) bond motifs is 1. The lowest BCUT2D eigenvalue weighted by Gasteiger charge is -2.57. The lowest BCUT2D eigenvalue weighted by molar-refractivity contribution is -0.384. The Hall–Kier alpha value is -5.92. The number of aromatic nitrogens is 3. The largest absolute Gasteiger partial charge is 0.451 e. The van der Waals surface area contributed by atoms with E-state index in [2.05, 4.69) is 82.0 Å². The number of piperidine rings is 1. The lowest BCUT2D eigenvalue weighted by Crippen LogP contribution is -2.58. The number of hydrogen-bond donors (Lipinski definition) is 3. The number of sulfonamides is 1. The van der Waals surface area contributed by atoms with E-state index in [-0.39, 0.29) is 51.3 Å². The van der Waals surface area contributed by atoms with Gasteiger partial charge in [-0.05, 0) is 109 Å². The molecule has 1 spiro atoms. The molecule has 2 aliphatic heterocycles. The Labute approximate surface area is 400 Å². The minimum absolute atomic E-state index is 0.0778. The number of alkyl halides is 2. The van der Waals surface area contributed by atoms with Crippen LogP contribution >= 0.6 is 0 Å². The maximum absolute atomic E-state index is 14.1. The lowest BCUT2D eigenvalue weighted by atomic mass is 9.59. The second-order valence-electron chi connectivity index (χ2n) is 20.2. The molecule has 19 heteroatoms. The number of rotatable bonds is 15. The number of nitrogens with one attached hydrogen (secondary N) is 3. The number of pyridine rings is 2. The van der Waals surface area contributed by atoms with E-state index in [9.17, 15) is 32.1 Å². The predicted molar refractivity (Wildman–Crippen MR) is 257 cm³/mol. The third-order valence-corrected chi connectivity index (χ3v) is 16.1. The van der Waals surface area contributed by atoms with Crippen LogP contribution < -0.4 is 24.4 Å². The number of anilines is 2. The molecule has 4 aliphatic rings. The standard InChI is InChI=1S/C50H60F2N8O8S/c1-31(2)37-7-5-6-8-38(37)41-30-66-22-21-59(41)35-26-50(27-35)16-19-58(20-17-50)34-9-10-39(42(24-34)67-43-23-33-13-18-53-44(33)56-47(43)68-48(51)52)46(61)57-69(64,65)36-25-40(60(62)63)45(55-29-36)54-28-32-11-14-49(3,4)15-12-32/h5-10,13,18,23-25,29,31-32,35,41,48H,11-12,14-17,19-22,26-28,30H2,1-4H3,(H,53,56)(H,54,55)(H,57,61)/t41-/m1/s1. The number of H-pyrrole nitrogens is 1. The van der Waals surface area contributed by atoms with Crippen LogP contribution in [0.4, 0.5) is 26.0 Å². The minimum Gasteiger partial charge on any atom is -0.451 e. The Kier molecular flexibility index (Phi) is 13.6. The Morgan fingerprint density at radius 1 is 1.01 bits per heavy atom. The second kappa shape index (κ2) is 19.5. The molecule has 1 atom stereocenters. The van der Waals surface area contributed by atoms with E-state index in [1.54, 1.807) is 24.4 Å². The summed E-state index contributed by atoms with van der Waals surface area (Å²) >= 11 is 0. The van der Waals surface area contributed by atoms with E-state index in [0.717, 1.165) is 70.2 Å². The van der Waals surface area contributed by atoms with E-state index in [1.165, 1.54) is 23.3 Å². The Morgan fingerprint density at radius 3 is 2.49 bits per heavy atom. The van der Waals surface area contributed by atoms with Gasteiger partial charge in [0.05, 0.1) is 35.9 Å². The zero-order valence-corrected chi connectivity index (χ0v) is 40.2. The number of ether oxygens (including phenoxy) is 3. The number of aromatic amines is 1. The van der Waals surface area contributed by atoms with Crippen LogP contribution in [0.5, 0.6) is 17.4 Å². The summed E-state index contributed by atoms with van der Waals surface area (Å²) in [4.78, 5) is 40.9. The molecule has 5 heterocycles. The fourth-order valence-corrected chi connectivity index (χ4v) is 11.7. The zero-order valence-electron chi connectivity index (χ0n) is 39.4. The Morgan fingerprint density at radius 2 is 1.77 bits per heavy atom. The number of benzene rings is 2. The molecule has 2 aliphatic carbocycles. The van der Waals surface area contributed by atoms with Crippen LogP contribution in [0.1, 0.15) is 113 Å². The Bertz CT molecular complexity index is 2800. The normalized spacial score (nSPS) is 20.0. The number of morpholine rings is 1. The maximum Gasteiger partial charge on any atom is 0.388 e. The summed E-state index contributed by atoms with van der Waals surface area (Å²) < 4.78 is 74.1. The molecule has 4 fully saturated rings. The first-order valence-electron chi connectivity index (χ1n) is 23.8. The van der Waals surface area contributed by atoms with Gasteiger partial charge in [-0.1, -0.05) is 52.0 Å². The maximum atomic E-state index is 14.1. The predicted octanol–water partition coefficient (Wildman–Crippen LogP) is 9.95. The van der Waals surface area contributed by atoms with E-state index < -0.39 is 43.9 Å². The third kappa shape index (κ3) is 10.5. The molecule has 2 saturated heterocycles. The molecule has 368 valence electrons. The van der Waals surface area contributed by atoms with E-state index in [0.29, 0.717) is 55.9 Å². The number of carbonyl (C=O) groups is 1. The van der Waals surface area contributed by atoms with Gasteiger partial charge in [-0.2, -0.15) is 13.8 Å². The fourth-order valence-electron chi connectivity index (χ4n) is 10.8. The van der Waals surface area contributed by atoms with Gasteiger partial charge < -0.3 is 29.4 Å². The average Bonchev–Trinajstić information content (AvgIpc) is 3.77. The van der Waals surface area contributed by atoms with Gasteiger partial charge in [-0.3, -0.25) is 19.8 Å². The van der Waals surface area contributed by atoms with Crippen molar-refractivity contribution in [1.82, 2.24) is 24.6 Å².